The fraction of sp³-hybridized carbons (Fsp3) is 1.00. The van der Waals surface area contributed by atoms with Gasteiger partial charge in [-0.05, 0) is 20.3 Å². The molecule has 0 radical (unpaired) electrons. The maximum Gasteiger partial charge on any atom is 0.146 e. The molecule has 0 aliphatic carbocycles. The minimum Gasteiger partial charge on any atom is -0.422 e. The van der Waals surface area contributed by atoms with Crippen LogP contribution in [-0.2, 0) is 4.43 Å². The molecule has 0 fully saturated rings. The molecular weight excluding hydrogens is 232 g/mol. The van der Waals surface area contributed by atoms with Gasteiger partial charge in [0.1, 0.15) is 10.5 Å². The molecule has 98 valence electrons. The van der Waals surface area contributed by atoms with E-state index >= 15 is 0 Å². The van der Waals surface area contributed by atoms with Gasteiger partial charge in [-0.2, -0.15) is 12.6 Å². The van der Waals surface area contributed by atoms with Gasteiger partial charge in [0.25, 0.3) is 0 Å². The molecule has 1 nitrogen and oxygen atoms in total. The smallest absolute Gasteiger partial charge is 0.146 e. The highest BCUT2D eigenvalue weighted by atomic mass is 32.1. The highest BCUT2D eigenvalue weighted by Gasteiger charge is 2.24. The number of hydrogen-bond acceptors (Lipinski definition) is 2. The summed E-state index contributed by atoms with van der Waals surface area (Å²) in [7, 11) is 0.807. The van der Waals surface area contributed by atoms with Gasteiger partial charge in [0.15, 0.2) is 0 Å². The van der Waals surface area contributed by atoms with E-state index in [-0.39, 0.29) is 5.60 Å². The normalized spacial score (nSPS) is 14.2. The molecule has 0 aliphatic heterocycles. The Kier molecular flexibility index (Phi) is 9.86. The van der Waals surface area contributed by atoms with Crippen molar-refractivity contribution in [1.82, 2.24) is 0 Å². The summed E-state index contributed by atoms with van der Waals surface area (Å²) in [5.74, 6) is 0. The van der Waals surface area contributed by atoms with E-state index in [2.05, 4.69) is 33.4 Å². The van der Waals surface area contributed by atoms with Gasteiger partial charge in [-0.3, -0.25) is 0 Å². The Morgan fingerprint density at radius 2 is 1.56 bits per heavy atom. The lowest BCUT2D eigenvalue weighted by molar-refractivity contribution is 0.117. The lowest BCUT2D eigenvalue weighted by Gasteiger charge is -2.30. The molecule has 0 saturated carbocycles. The highest BCUT2D eigenvalue weighted by Crippen LogP contribution is 2.24. The molecule has 1 unspecified atom stereocenters. The molecule has 0 aromatic carbocycles. The van der Waals surface area contributed by atoms with Crippen molar-refractivity contribution in [3.8, 4) is 0 Å². The quantitative estimate of drug-likeness (QED) is 0.360. The van der Waals surface area contributed by atoms with E-state index in [0.717, 1.165) is 10.5 Å². The molecule has 0 saturated heterocycles. The Bertz CT molecular complexity index is 162. The fourth-order valence-corrected chi connectivity index (χ4v) is 2.55. The second-order valence-electron chi connectivity index (χ2n) is 5.23. The molecule has 3 heteroatoms. The van der Waals surface area contributed by atoms with Crippen molar-refractivity contribution in [2.45, 2.75) is 83.0 Å². The van der Waals surface area contributed by atoms with Gasteiger partial charge in [0.05, 0.1) is 5.60 Å². The van der Waals surface area contributed by atoms with Crippen molar-refractivity contribution in [3.05, 3.63) is 0 Å². The van der Waals surface area contributed by atoms with Crippen molar-refractivity contribution < 1.29 is 4.43 Å². The van der Waals surface area contributed by atoms with Crippen LogP contribution in [0, 0.1) is 0 Å². The van der Waals surface area contributed by atoms with Crippen LogP contribution in [-0.4, -0.2) is 21.3 Å². The predicted molar refractivity (Wildman–Crippen MR) is 80.5 cm³/mol. The van der Waals surface area contributed by atoms with Crippen LogP contribution in [0.3, 0.4) is 0 Å². The monoisotopic (exact) mass is 262 g/mol. The van der Waals surface area contributed by atoms with Gasteiger partial charge < -0.3 is 4.43 Å². The van der Waals surface area contributed by atoms with Gasteiger partial charge in [-0.25, -0.2) is 0 Å². The van der Waals surface area contributed by atoms with E-state index in [9.17, 15) is 0 Å². The van der Waals surface area contributed by atoms with Crippen LogP contribution >= 0.6 is 12.6 Å². The lowest BCUT2D eigenvalue weighted by Crippen LogP contribution is -2.34. The fourth-order valence-electron chi connectivity index (χ4n) is 1.78. The topological polar surface area (TPSA) is 9.23 Å². The SMILES string of the molecule is CCCCCCCCCC(S)C(C)(C)O[SiH3]. The summed E-state index contributed by atoms with van der Waals surface area (Å²) in [5.41, 5.74) is -0.0302. The summed E-state index contributed by atoms with van der Waals surface area (Å²) in [6.07, 6.45) is 10.8. The van der Waals surface area contributed by atoms with Crippen LogP contribution in [0.2, 0.25) is 0 Å². The molecule has 0 amide bonds. The Hall–Kier alpha value is 0.527. The van der Waals surface area contributed by atoms with Crippen molar-refractivity contribution in [1.29, 1.82) is 0 Å². The molecular formula is C13H30OSSi. The standard InChI is InChI=1S/C13H30OSSi/c1-4-5-6-7-8-9-10-11-12(15)13(2,3)14-16/h12,15H,4-11H2,1-3,16H3. The second-order valence-corrected chi connectivity index (χ2v) is 6.26. The van der Waals surface area contributed by atoms with E-state index in [1.54, 1.807) is 0 Å². The Balaban J connectivity index is 3.38. The lowest BCUT2D eigenvalue weighted by atomic mass is 9.99. The summed E-state index contributed by atoms with van der Waals surface area (Å²) >= 11 is 4.65. The maximum absolute atomic E-state index is 5.57. The van der Waals surface area contributed by atoms with Crippen molar-refractivity contribution in [2.75, 3.05) is 0 Å². The molecule has 0 aromatic rings. The van der Waals surface area contributed by atoms with Crippen LogP contribution in [0.15, 0.2) is 0 Å². The first-order valence-electron chi connectivity index (χ1n) is 6.77. The predicted octanol–water partition coefficient (Wildman–Crippen LogP) is 3.50. The van der Waals surface area contributed by atoms with E-state index in [1.165, 1.54) is 51.4 Å². The van der Waals surface area contributed by atoms with Gasteiger partial charge >= 0.3 is 0 Å². The first kappa shape index (κ1) is 16.5. The number of hydrogen-bond donors (Lipinski definition) is 1. The summed E-state index contributed by atoms with van der Waals surface area (Å²) in [5, 5.41) is 0.389. The minimum atomic E-state index is -0.0302. The molecule has 0 bridgehead atoms. The summed E-state index contributed by atoms with van der Waals surface area (Å²) in [4.78, 5) is 0. The van der Waals surface area contributed by atoms with Crippen molar-refractivity contribution in [3.63, 3.8) is 0 Å². The third kappa shape index (κ3) is 7.74. The Labute approximate surface area is 111 Å². The van der Waals surface area contributed by atoms with Crippen LogP contribution in [0.5, 0.6) is 0 Å². The van der Waals surface area contributed by atoms with E-state index in [1.807, 2.05) is 0 Å². The molecule has 0 aliphatic rings. The summed E-state index contributed by atoms with van der Waals surface area (Å²) in [6.45, 7) is 6.57. The van der Waals surface area contributed by atoms with Gasteiger partial charge in [0.2, 0.25) is 0 Å². The molecule has 16 heavy (non-hydrogen) atoms. The van der Waals surface area contributed by atoms with E-state index < -0.39 is 0 Å². The van der Waals surface area contributed by atoms with Crippen molar-refractivity contribution >= 4 is 23.1 Å². The van der Waals surface area contributed by atoms with Crippen LogP contribution < -0.4 is 0 Å². The zero-order valence-corrected chi connectivity index (χ0v) is 14.5. The van der Waals surface area contributed by atoms with E-state index in [4.69, 9.17) is 4.43 Å². The Morgan fingerprint density at radius 3 is 2.06 bits per heavy atom. The first-order chi connectivity index (χ1) is 7.54. The van der Waals surface area contributed by atoms with Crippen LogP contribution in [0.4, 0.5) is 0 Å². The number of unbranched alkanes of at least 4 members (excludes halogenated alkanes) is 6. The minimum absolute atomic E-state index is 0.0302. The third-order valence-corrected chi connectivity index (χ3v) is 5.34. The summed E-state index contributed by atoms with van der Waals surface area (Å²) < 4.78 is 5.57. The molecule has 0 spiro atoms. The van der Waals surface area contributed by atoms with Crippen molar-refractivity contribution in [2.24, 2.45) is 0 Å². The first-order valence-corrected chi connectivity index (χ1v) is 8.11. The third-order valence-electron chi connectivity index (χ3n) is 3.41. The average molecular weight is 263 g/mol. The van der Waals surface area contributed by atoms with Crippen LogP contribution in [0.1, 0.15) is 72.1 Å². The average Bonchev–Trinajstić information content (AvgIpc) is 2.27. The largest absolute Gasteiger partial charge is 0.422 e. The number of thiol groups is 1. The van der Waals surface area contributed by atoms with E-state index in [0.29, 0.717) is 5.25 Å². The summed E-state index contributed by atoms with van der Waals surface area (Å²) in [6, 6.07) is 0. The zero-order valence-electron chi connectivity index (χ0n) is 11.6. The molecule has 0 rings (SSSR count). The molecule has 0 N–H and O–H groups in total. The highest BCUT2D eigenvalue weighted by molar-refractivity contribution is 7.81. The number of rotatable bonds is 10. The van der Waals surface area contributed by atoms with Gasteiger partial charge in [0, 0.05) is 5.25 Å². The Morgan fingerprint density at radius 1 is 1.06 bits per heavy atom. The molecule has 0 heterocycles. The molecule has 1 atom stereocenters. The van der Waals surface area contributed by atoms with Crippen LogP contribution in [0.25, 0.3) is 0 Å². The van der Waals surface area contributed by atoms with Gasteiger partial charge in [-0.1, -0.05) is 51.9 Å². The zero-order chi connectivity index (χ0) is 12.4. The van der Waals surface area contributed by atoms with Gasteiger partial charge in [-0.15, -0.1) is 0 Å². The maximum atomic E-state index is 5.57. The molecule has 0 aromatic heterocycles. The second kappa shape index (κ2) is 9.55.